The summed E-state index contributed by atoms with van der Waals surface area (Å²) in [5.74, 6) is -2.80. The van der Waals surface area contributed by atoms with Crippen LogP contribution in [0.25, 0.3) is 0 Å². The fraction of sp³-hybridized carbons (Fsp3) is 0.250. The minimum atomic E-state index is -1.14. The van der Waals surface area contributed by atoms with E-state index in [0.717, 1.165) is 4.90 Å². The van der Waals surface area contributed by atoms with Gasteiger partial charge in [-0.2, -0.15) is 0 Å². The highest BCUT2D eigenvalue weighted by Gasteiger charge is 2.23. The molecule has 2 N–H and O–H groups in total. The van der Waals surface area contributed by atoms with Crippen LogP contribution >= 0.6 is 0 Å². The lowest BCUT2D eigenvalue weighted by Gasteiger charge is -2.21. The number of hydrogen-bond donors (Lipinski definition) is 2. The first kappa shape index (κ1) is 13.7. The molecule has 1 aromatic rings. The average molecular weight is 251 g/mol. The van der Waals surface area contributed by atoms with Crippen LogP contribution in [-0.4, -0.2) is 46.0 Å². The molecule has 0 saturated carbocycles. The van der Waals surface area contributed by atoms with Gasteiger partial charge in [-0.25, -0.2) is 9.59 Å². The Morgan fingerprint density at radius 2 is 1.72 bits per heavy atom. The summed E-state index contributed by atoms with van der Waals surface area (Å²) in [5.41, 5.74) is 0.128. The van der Waals surface area contributed by atoms with Crippen molar-refractivity contribution in [2.45, 2.75) is 13.0 Å². The molecule has 96 valence electrons. The maximum absolute atomic E-state index is 11.9. The Kier molecular flexibility index (Phi) is 4.04. The Morgan fingerprint density at radius 3 is 2.22 bits per heavy atom. The SMILES string of the molecule is CC(C(=O)O)N(C)C(=O)c1cccc(C(=O)O)c1. The van der Waals surface area contributed by atoms with Crippen molar-refractivity contribution in [1.82, 2.24) is 4.90 Å². The summed E-state index contributed by atoms with van der Waals surface area (Å²) < 4.78 is 0. The van der Waals surface area contributed by atoms with E-state index in [4.69, 9.17) is 10.2 Å². The topological polar surface area (TPSA) is 94.9 Å². The molecule has 1 amide bonds. The van der Waals surface area contributed by atoms with E-state index in [1.165, 1.54) is 38.2 Å². The van der Waals surface area contributed by atoms with Gasteiger partial charge in [-0.3, -0.25) is 4.79 Å². The molecule has 0 fully saturated rings. The van der Waals surface area contributed by atoms with Crippen LogP contribution < -0.4 is 0 Å². The molecule has 0 bridgehead atoms. The molecule has 1 aromatic carbocycles. The van der Waals surface area contributed by atoms with Crippen LogP contribution in [0.15, 0.2) is 24.3 Å². The van der Waals surface area contributed by atoms with Crippen molar-refractivity contribution in [3.05, 3.63) is 35.4 Å². The number of nitrogens with zero attached hydrogens (tertiary/aromatic N) is 1. The fourth-order valence-electron chi connectivity index (χ4n) is 1.33. The number of carboxylic acid groups (broad SMARTS) is 2. The number of amides is 1. The van der Waals surface area contributed by atoms with E-state index in [1.807, 2.05) is 0 Å². The molecule has 0 aliphatic heterocycles. The molecular formula is C12H13NO5. The lowest BCUT2D eigenvalue weighted by atomic mass is 10.1. The fourth-order valence-corrected chi connectivity index (χ4v) is 1.33. The van der Waals surface area contributed by atoms with E-state index in [2.05, 4.69) is 0 Å². The molecule has 1 rings (SSSR count). The van der Waals surface area contributed by atoms with E-state index >= 15 is 0 Å². The lowest BCUT2D eigenvalue weighted by molar-refractivity contribution is -0.141. The first-order valence-corrected chi connectivity index (χ1v) is 5.18. The van der Waals surface area contributed by atoms with Crippen LogP contribution in [0.2, 0.25) is 0 Å². The molecule has 6 heteroatoms. The second-order valence-corrected chi connectivity index (χ2v) is 3.82. The largest absolute Gasteiger partial charge is 0.480 e. The molecule has 6 nitrogen and oxygen atoms in total. The second-order valence-electron chi connectivity index (χ2n) is 3.82. The van der Waals surface area contributed by atoms with Gasteiger partial charge in [-0.1, -0.05) is 6.07 Å². The number of carbonyl (C=O) groups excluding carboxylic acids is 1. The smallest absolute Gasteiger partial charge is 0.335 e. The van der Waals surface area contributed by atoms with Crippen LogP contribution in [0.3, 0.4) is 0 Å². The van der Waals surface area contributed by atoms with E-state index in [-0.39, 0.29) is 11.1 Å². The third-order valence-electron chi connectivity index (χ3n) is 2.62. The molecule has 0 radical (unpaired) electrons. The van der Waals surface area contributed by atoms with Crippen molar-refractivity contribution in [3.8, 4) is 0 Å². The number of likely N-dealkylation sites (N-methyl/N-ethyl adjacent to an activating group) is 1. The van der Waals surface area contributed by atoms with Gasteiger partial charge < -0.3 is 15.1 Å². The maximum atomic E-state index is 11.9. The summed E-state index contributed by atoms with van der Waals surface area (Å²) in [6.07, 6.45) is 0. The Hall–Kier alpha value is -2.37. The van der Waals surface area contributed by atoms with Crippen molar-refractivity contribution < 1.29 is 24.6 Å². The van der Waals surface area contributed by atoms with Crippen LogP contribution in [0.1, 0.15) is 27.6 Å². The highest BCUT2D eigenvalue weighted by Crippen LogP contribution is 2.10. The molecule has 0 spiro atoms. The zero-order chi connectivity index (χ0) is 13.9. The van der Waals surface area contributed by atoms with Crippen LogP contribution in [0.4, 0.5) is 0 Å². The summed E-state index contributed by atoms with van der Waals surface area (Å²) in [6.45, 7) is 1.38. The predicted octanol–water partition coefficient (Wildman–Crippen LogP) is 0.930. The molecule has 1 atom stereocenters. The number of carbonyl (C=O) groups is 3. The van der Waals surface area contributed by atoms with Gasteiger partial charge in [0.25, 0.3) is 5.91 Å². The van der Waals surface area contributed by atoms with Gasteiger partial charge in [0.2, 0.25) is 0 Å². The maximum Gasteiger partial charge on any atom is 0.335 e. The highest BCUT2D eigenvalue weighted by atomic mass is 16.4. The van der Waals surface area contributed by atoms with E-state index in [9.17, 15) is 14.4 Å². The van der Waals surface area contributed by atoms with Gasteiger partial charge in [0.1, 0.15) is 6.04 Å². The highest BCUT2D eigenvalue weighted by molar-refractivity contribution is 5.98. The molecule has 0 aliphatic carbocycles. The lowest BCUT2D eigenvalue weighted by Crippen LogP contribution is -2.40. The van der Waals surface area contributed by atoms with Crippen molar-refractivity contribution >= 4 is 17.8 Å². The first-order chi connectivity index (χ1) is 8.34. The standard InChI is InChI=1S/C12H13NO5/c1-7(11(15)16)13(2)10(14)8-4-3-5-9(6-8)12(17)18/h3-7H,1-2H3,(H,15,16)(H,17,18). The van der Waals surface area contributed by atoms with Gasteiger partial charge >= 0.3 is 11.9 Å². The van der Waals surface area contributed by atoms with Gasteiger partial charge in [0.15, 0.2) is 0 Å². The summed E-state index contributed by atoms with van der Waals surface area (Å²) >= 11 is 0. The molecule has 0 saturated heterocycles. The third-order valence-corrected chi connectivity index (χ3v) is 2.62. The van der Waals surface area contributed by atoms with Crippen LogP contribution in [0.5, 0.6) is 0 Å². The number of aromatic carboxylic acids is 1. The van der Waals surface area contributed by atoms with Gasteiger partial charge in [-0.05, 0) is 25.1 Å². The minimum Gasteiger partial charge on any atom is -0.480 e. The Labute approximate surface area is 103 Å². The Morgan fingerprint density at radius 1 is 1.17 bits per heavy atom. The monoisotopic (exact) mass is 251 g/mol. The number of aliphatic carboxylic acids is 1. The molecular weight excluding hydrogens is 238 g/mol. The number of benzene rings is 1. The van der Waals surface area contributed by atoms with Crippen molar-refractivity contribution in [2.24, 2.45) is 0 Å². The summed E-state index contributed by atoms with van der Waals surface area (Å²) in [5, 5.41) is 17.6. The minimum absolute atomic E-state index is 0.0165. The molecule has 0 aromatic heterocycles. The number of carboxylic acids is 2. The Bertz CT molecular complexity index is 497. The zero-order valence-corrected chi connectivity index (χ0v) is 9.95. The van der Waals surface area contributed by atoms with Crippen molar-refractivity contribution in [1.29, 1.82) is 0 Å². The van der Waals surface area contributed by atoms with Gasteiger partial charge in [0, 0.05) is 12.6 Å². The molecule has 18 heavy (non-hydrogen) atoms. The predicted molar refractivity (Wildman–Crippen MR) is 62.6 cm³/mol. The Balaban J connectivity index is 3.00. The summed E-state index contributed by atoms with van der Waals surface area (Å²) in [4.78, 5) is 34.5. The van der Waals surface area contributed by atoms with E-state index < -0.39 is 23.9 Å². The van der Waals surface area contributed by atoms with Crippen LogP contribution in [-0.2, 0) is 4.79 Å². The second kappa shape index (κ2) is 5.31. The summed E-state index contributed by atoms with van der Waals surface area (Å²) in [7, 11) is 1.36. The van der Waals surface area contributed by atoms with Crippen LogP contribution in [0, 0.1) is 0 Å². The quantitative estimate of drug-likeness (QED) is 0.830. The van der Waals surface area contributed by atoms with Gasteiger partial charge in [-0.15, -0.1) is 0 Å². The molecule has 0 heterocycles. The van der Waals surface area contributed by atoms with Crippen molar-refractivity contribution in [3.63, 3.8) is 0 Å². The van der Waals surface area contributed by atoms with E-state index in [1.54, 1.807) is 0 Å². The van der Waals surface area contributed by atoms with E-state index in [0.29, 0.717) is 0 Å². The zero-order valence-electron chi connectivity index (χ0n) is 9.95. The third kappa shape index (κ3) is 2.85. The summed E-state index contributed by atoms with van der Waals surface area (Å²) in [6, 6.07) is 4.48. The molecule has 1 unspecified atom stereocenters. The number of rotatable bonds is 4. The number of hydrogen-bond acceptors (Lipinski definition) is 3. The average Bonchev–Trinajstić information content (AvgIpc) is 2.36. The van der Waals surface area contributed by atoms with Gasteiger partial charge in [0.05, 0.1) is 5.56 Å². The molecule has 0 aliphatic rings. The first-order valence-electron chi connectivity index (χ1n) is 5.18. The van der Waals surface area contributed by atoms with Crippen molar-refractivity contribution in [2.75, 3.05) is 7.05 Å². The normalized spacial score (nSPS) is 11.7.